The summed E-state index contributed by atoms with van der Waals surface area (Å²) in [4.78, 5) is 7.29. The van der Waals surface area contributed by atoms with Gasteiger partial charge in [-0.15, -0.1) is 0 Å². The molecule has 1 aromatic carbocycles. The zero-order valence-electron chi connectivity index (χ0n) is 15.1. The Morgan fingerprint density at radius 3 is 2.17 bits per heavy atom. The molecule has 1 aliphatic heterocycles. The van der Waals surface area contributed by atoms with E-state index in [0.29, 0.717) is 23.3 Å². The number of benzene rings is 1. The Kier molecular flexibility index (Phi) is 5.56. The Hall–Kier alpha value is -0.491. The number of rotatable bonds is 4. The second-order valence-electron chi connectivity index (χ2n) is 7.89. The van der Waals surface area contributed by atoms with Crippen molar-refractivity contribution in [2.75, 3.05) is 6.54 Å². The third kappa shape index (κ3) is 4.13. The Labute approximate surface area is 145 Å². The molecule has 5 heteroatoms. The van der Waals surface area contributed by atoms with E-state index in [2.05, 4.69) is 34.7 Å². The summed E-state index contributed by atoms with van der Waals surface area (Å²) in [6, 6.07) is 7.21. The average Bonchev–Trinajstić information content (AvgIpc) is 2.46. The summed E-state index contributed by atoms with van der Waals surface area (Å²) in [5, 5.41) is 0. The molecular weight excluding hydrogens is 413 g/mol. The van der Waals surface area contributed by atoms with Gasteiger partial charge in [-0.2, -0.15) is 0 Å². The Balaban J connectivity index is 2.48. The van der Waals surface area contributed by atoms with E-state index in [9.17, 15) is 8.42 Å². The fourth-order valence-electron chi connectivity index (χ4n) is 2.99. The van der Waals surface area contributed by atoms with Crippen molar-refractivity contribution < 1.29 is 8.42 Å². The van der Waals surface area contributed by atoms with Crippen LogP contribution in [0.15, 0.2) is 38.9 Å². The van der Waals surface area contributed by atoms with Gasteiger partial charge in [0.15, 0.2) is 0 Å². The van der Waals surface area contributed by atoms with Gasteiger partial charge in [0.05, 0.1) is 0 Å². The van der Waals surface area contributed by atoms with Crippen LogP contribution in [0.2, 0.25) is 14.8 Å². The van der Waals surface area contributed by atoms with Gasteiger partial charge >= 0.3 is 146 Å². The maximum absolute atomic E-state index is 13.2. The molecule has 0 N–H and O–H groups in total. The molecule has 0 saturated heterocycles. The fraction of sp³-hybridized carbons (Fsp3) is 0.556. The normalized spacial score (nSPS) is 19.9. The van der Waals surface area contributed by atoms with Gasteiger partial charge in [0.1, 0.15) is 0 Å². The minimum absolute atomic E-state index is 0.410. The van der Waals surface area contributed by atoms with E-state index in [4.69, 9.17) is 0 Å². The first-order chi connectivity index (χ1) is 10.5. The summed E-state index contributed by atoms with van der Waals surface area (Å²) in [6.07, 6.45) is 3.18. The quantitative estimate of drug-likeness (QED) is 0.648. The number of nitrogens with zero attached hydrogens (tertiary/aromatic N) is 1. The van der Waals surface area contributed by atoms with Crippen molar-refractivity contribution in [3.8, 4) is 0 Å². The summed E-state index contributed by atoms with van der Waals surface area (Å²) < 4.78 is 29.1. The van der Waals surface area contributed by atoms with Crippen molar-refractivity contribution in [2.45, 2.75) is 46.9 Å². The van der Waals surface area contributed by atoms with E-state index in [1.54, 1.807) is 16.4 Å². The SMILES string of the molecule is Cc1ccc(S(=O)(=O)N2CCC(C(C)C)C=[C]2[Sn]([CH3])([CH3])[CH3])cc1. The summed E-state index contributed by atoms with van der Waals surface area (Å²) >= 11 is -2.55. The van der Waals surface area contributed by atoms with Gasteiger partial charge in [0.25, 0.3) is 0 Å². The van der Waals surface area contributed by atoms with Gasteiger partial charge in [-0.25, -0.2) is 0 Å². The summed E-state index contributed by atoms with van der Waals surface area (Å²) in [7, 11) is -3.44. The number of sulfonamides is 1. The van der Waals surface area contributed by atoms with Crippen molar-refractivity contribution in [3.63, 3.8) is 0 Å². The van der Waals surface area contributed by atoms with E-state index in [1.165, 1.54) is 0 Å². The Morgan fingerprint density at radius 2 is 1.70 bits per heavy atom. The topological polar surface area (TPSA) is 37.4 Å². The zero-order valence-corrected chi connectivity index (χ0v) is 18.8. The molecule has 0 saturated carbocycles. The Morgan fingerprint density at radius 1 is 1.13 bits per heavy atom. The molecule has 0 radical (unpaired) electrons. The van der Waals surface area contributed by atoms with Crippen molar-refractivity contribution >= 4 is 28.4 Å². The first-order valence-electron chi connectivity index (χ1n) is 8.35. The van der Waals surface area contributed by atoms with Crippen LogP contribution in [0.5, 0.6) is 0 Å². The fourth-order valence-corrected chi connectivity index (χ4v) is 11.8. The molecule has 1 atom stereocenters. The minimum atomic E-state index is -3.44. The van der Waals surface area contributed by atoms with Crippen LogP contribution in [-0.4, -0.2) is 37.6 Å². The Bertz CT molecular complexity index is 685. The second-order valence-corrected chi connectivity index (χ2v) is 24.1. The molecule has 2 rings (SSSR count). The molecule has 23 heavy (non-hydrogen) atoms. The molecule has 1 heterocycles. The molecule has 1 aromatic rings. The van der Waals surface area contributed by atoms with Crippen LogP contribution in [0.3, 0.4) is 0 Å². The van der Waals surface area contributed by atoms with Crippen LogP contribution >= 0.6 is 0 Å². The molecular formula is C18H29NO2SSn. The molecule has 1 aliphatic rings. The van der Waals surface area contributed by atoms with Crippen molar-refractivity contribution in [1.82, 2.24) is 4.31 Å². The third-order valence-corrected chi connectivity index (χ3v) is 12.5. The van der Waals surface area contributed by atoms with Crippen molar-refractivity contribution in [1.29, 1.82) is 0 Å². The molecule has 3 nitrogen and oxygen atoms in total. The van der Waals surface area contributed by atoms with Crippen molar-refractivity contribution in [3.05, 3.63) is 39.6 Å². The molecule has 0 aromatic heterocycles. The van der Waals surface area contributed by atoms with Gasteiger partial charge in [0.2, 0.25) is 0 Å². The second kappa shape index (κ2) is 6.79. The third-order valence-electron chi connectivity index (χ3n) is 4.54. The standard InChI is InChI=1S/C15H20NO2S.3CH3.Sn/c1-12(2)14-8-10-16(11-9-14)19(17,18)15-6-4-13(3)5-7-15;;;;/h4-8,12,14H,9,11H2,1-3H3;3*1H3;. The van der Waals surface area contributed by atoms with Crippen LogP contribution in [0, 0.1) is 18.8 Å². The average molecular weight is 442 g/mol. The predicted molar refractivity (Wildman–Crippen MR) is 99.4 cm³/mol. The van der Waals surface area contributed by atoms with E-state index < -0.39 is 28.4 Å². The van der Waals surface area contributed by atoms with Crippen molar-refractivity contribution in [2.24, 2.45) is 11.8 Å². The first kappa shape index (κ1) is 18.8. The predicted octanol–water partition coefficient (Wildman–Crippen LogP) is 4.42. The van der Waals surface area contributed by atoms with E-state index >= 15 is 0 Å². The summed E-state index contributed by atoms with van der Waals surface area (Å²) in [5.74, 6) is 1.05. The van der Waals surface area contributed by atoms with Gasteiger partial charge in [-0.1, -0.05) is 0 Å². The maximum atomic E-state index is 13.2. The number of aryl methyl sites for hydroxylation is 1. The number of allylic oxidation sites excluding steroid dienone is 1. The molecule has 0 spiro atoms. The van der Waals surface area contributed by atoms with E-state index in [0.717, 1.165) is 15.7 Å². The number of hydrogen-bond acceptors (Lipinski definition) is 2. The van der Waals surface area contributed by atoms with E-state index in [1.807, 2.05) is 19.1 Å². The van der Waals surface area contributed by atoms with Gasteiger partial charge in [-0.05, 0) is 0 Å². The van der Waals surface area contributed by atoms with Crippen LogP contribution in [0.4, 0.5) is 0 Å². The van der Waals surface area contributed by atoms with Gasteiger partial charge in [-0.3, -0.25) is 0 Å². The van der Waals surface area contributed by atoms with Crippen LogP contribution < -0.4 is 0 Å². The molecule has 0 aliphatic carbocycles. The molecule has 1 unspecified atom stereocenters. The molecule has 0 amide bonds. The van der Waals surface area contributed by atoms with Crippen LogP contribution in [0.1, 0.15) is 25.8 Å². The van der Waals surface area contributed by atoms with Gasteiger partial charge < -0.3 is 0 Å². The monoisotopic (exact) mass is 443 g/mol. The molecule has 0 fully saturated rings. The summed E-state index contributed by atoms with van der Waals surface area (Å²) in [5.41, 5.74) is 1.08. The first-order valence-corrected chi connectivity index (χ1v) is 19.8. The molecule has 128 valence electrons. The molecule has 0 bridgehead atoms. The van der Waals surface area contributed by atoms with E-state index in [-0.39, 0.29) is 0 Å². The van der Waals surface area contributed by atoms with Crippen LogP contribution in [-0.2, 0) is 10.0 Å². The number of hydrogen-bond donors (Lipinski definition) is 0. The van der Waals surface area contributed by atoms with Crippen LogP contribution in [0.25, 0.3) is 0 Å². The van der Waals surface area contributed by atoms with Gasteiger partial charge in [0, 0.05) is 0 Å². The zero-order chi connectivity index (χ0) is 17.4. The summed E-state index contributed by atoms with van der Waals surface area (Å²) in [6.45, 7) is 7.03.